The van der Waals surface area contributed by atoms with Crippen molar-refractivity contribution >= 4 is 5.97 Å². The van der Waals surface area contributed by atoms with Gasteiger partial charge >= 0.3 is 5.97 Å². The van der Waals surface area contributed by atoms with Crippen molar-refractivity contribution in [1.82, 2.24) is 0 Å². The summed E-state index contributed by atoms with van der Waals surface area (Å²) in [7, 11) is 1.62. The summed E-state index contributed by atoms with van der Waals surface area (Å²) in [5, 5.41) is 0. The zero-order valence-electron chi connectivity index (χ0n) is 10.6. The van der Waals surface area contributed by atoms with Crippen LogP contribution in [-0.2, 0) is 11.2 Å². The van der Waals surface area contributed by atoms with Gasteiger partial charge in [-0.05, 0) is 29.3 Å². The minimum atomic E-state index is -0.266. The third kappa shape index (κ3) is 2.19. The molecule has 0 saturated heterocycles. The van der Waals surface area contributed by atoms with Crippen molar-refractivity contribution in [3.8, 4) is 5.75 Å². The molecule has 3 heteroatoms. The van der Waals surface area contributed by atoms with Crippen LogP contribution in [-0.4, -0.2) is 13.1 Å². The Morgan fingerprint density at radius 2 is 1.95 bits per heavy atom. The van der Waals surface area contributed by atoms with E-state index in [1.807, 2.05) is 36.4 Å². The van der Waals surface area contributed by atoms with Crippen LogP contribution in [0.25, 0.3) is 0 Å². The maximum absolute atomic E-state index is 12.0. The van der Waals surface area contributed by atoms with E-state index in [0.717, 1.165) is 16.9 Å². The fourth-order valence-electron chi connectivity index (χ4n) is 2.35. The van der Waals surface area contributed by atoms with Crippen LogP contribution < -0.4 is 4.74 Å². The predicted octanol–water partition coefficient (Wildman–Crippen LogP) is 3.15. The second kappa shape index (κ2) is 4.76. The Bertz CT molecular complexity index is 605. The molecular formula is C16H14O3. The molecule has 0 aromatic heterocycles. The van der Waals surface area contributed by atoms with Gasteiger partial charge in [0.2, 0.25) is 0 Å². The van der Waals surface area contributed by atoms with Crippen molar-refractivity contribution in [2.75, 3.05) is 7.11 Å². The lowest BCUT2D eigenvalue weighted by Crippen LogP contribution is -2.21. The van der Waals surface area contributed by atoms with E-state index in [9.17, 15) is 4.79 Å². The quantitative estimate of drug-likeness (QED) is 0.772. The molecule has 2 aromatic carbocycles. The second-order valence-corrected chi connectivity index (χ2v) is 4.53. The third-order valence-corrected chi connectivity index (χ3v) is 3.36. The highest BCUT2D eigenvalue weighted by molar-refractivity contribution is 5.92. The largest absolute Gasteiger partial charge is 0.497 e. The van der Waals surface area contributed by atoms with Gasteiger partial charge in [-0.1, -0.05) is 30.3 Å². The Morgan fingerprint density at radius 1 is 1.16 bits per heavy atom. The first kappa shape index (κ1) is 11.8. The van der Waals surface area contributed by atoms with Gasteiger partial charge in [0.05, 0.1) is 12.7 Å². The van der Waals surface area contributed by atoms with Crippen molar-refractivity contribution < 1.29 is 14.3 Å². The van der Waals surface area contributed by atoms with E-state index in [1.54, 1.807) is 19.2 Å². The first-order valence-electron chi connectivity index (χ1n) is 6.21. The Balaban J connectivity index is 1.96. The van der Waals surface area contributed by atoms with E-state index >= 15 is 0 Å². The smallest absolute Gasteiger partial charge is 0.339 e. The molecule has 0 spiro atoms. The van der Waals surface area contributed by atoms with Gasteiger partial charge in [-0.2, -0.15) is 0 Å². The molecule has 1 heterocycles. The molecule has 0 saturated carbocycles. The van der Waals surface area contributed by atoms with Crippen LogP contribution in [0.1, 0.15) is 27.6 Å². The van der Waals surface area contributed by atoms with Gasteiger partial charge in [-0.25, -0.2) is 4.79 Å². The highest BCUT2D eigenvalue weighted by Gasteiger charge is 2.27. The highest BCUT2D eigenvalue weighted by atomic mass is 16.5. The average Bonchev–Trinajstić information content (AvgIpc) is 2.47. The molecular weight excluding hydrogens is 240 g/mol. The number of methoxy groups -OCH3 is 1. The van der Waals surface area contributed by atoms with E-state index in [0.29, 0.717) is 12.0 Å². The van der Waals surface area contributed by atoms with Crippen molar-refractivity contribution in [3.63, 3.8) is 0 Å². The molecule has 0 bridgehead atoms. The van der Waals surface area contributed by atoms with E-state index in [-0.39, 0.29) is 12.1 Å². The van der Waals surface area contributed by atoms with Crippen LogP contribution in [0.3, 0.4) is 0 Å². The monoisotopic (exact) mass is 254 g/mol. The maximum atomic E-state index is 12.0. The van der Waals surface area contributed by atoms with Crippen molar-refractivity contribution in [1.29, 1.82) is 0 Å². The molecule has 1 aliphatic heterocycles. The van der Waals surface area contributed by atoms with Crippen LogP contribution in [0.2, 0.25) is 0 Å². The standard InChI is InChI=1S/C16H14O3/c1-18-13-7-8-14-12(9-13)10-15(19-16(14)17)11-5-3-2-4-6-11/h2-9,15H,10H2,1H3. The number of carbonyl (C=O) groups is 1. The van der Waals surface area contributed by atoms with Crippen LogP contribution >= 0.6 is 0 Å². The van der Waals surface area contributed by atoms with E-state index < -0.39 is 0 Å². The molecule has 19 heavy (non-hydrogen) atoms. The summed E-state index contributed by atoms with van der Waals surface area (Å²) >= 11 is 0. The summed E-state index contributed by atoms with van der Waals surface area (Å²) in [6.07, 6.45) is 0.468. The van der Waals surface area contributed by atoms with Crippen molar-refractivity contribution in [2.24, 2.45) is 0 Å². The molecule has 1 aliphatic rings. The fraction of sp³-hybridized carbons (Fsp3) is 0.188. The number of hydrogen-bond donors (Lipinski definition) is 0. The number of benzene rings is 2. The summed E-state index contributed by atoms with van der Waals surface area (Å²) in [6.45, 7) is 0. The lowest BCUT2D eigenvalue weighted by molar-refractivity contribution is 0.0252. The summed E-state index contributed by atoms with van der Waals surface area (Å²) in [4.78, 5) is 12.0. The Labute approximate surface area is 111 Å². The molecule has 0 radical (unpaired) electrons. The molecule has 2 aromatic rings. The number of ether oxygens (including phenoxy) is 2. The van der Waals surface area contributed by atoms with E-state index in [1.165, 1.54) is 0 Å². The Morgan fingerprint density at radius 3 is 2.68 bits per heavy atom. The molecule has 96 valence electrons. The van der Waals surface area contributed by atoms with Crippen LogP contribution in [0, 0.1) is 0 Å². The zero-order valence-corrected chi connectivity index (χ0v) is 10.6. The first-order chi connectivity index (χ1) is 9.28. The maximum Gasteiger partial charge on any atom is 0.339 e. The molecule has 0 aliphatic carbocycles. The third-order valence-electron chi connectivity index (χ3n) is 3.36. The van der Waals surface area contributed by atoms with Gasteiger partial charge in [-0.15, -0.1) is 0 Å². The van der Waals surface area contributed by atoms with Gasteiger partial charge in [-0.3, -0.25) is 0 Å². The van der Waals surface area contributed by atoms with Crippen LogP contribution in [0.4, 0.5) is 0 Å². The summed E-state index contributed by atoms with van der Waals surface area (Å²) < 4.78 is 10.7. The molecule has 3 nitrogen and oxygen atoms in total. The minimum absolute atomic E-state index is 0.215. The minimum Gasteiger partial charge on any atom is -0.497 e. The van der Waals surface area contributed by atoms with Gasteiger partial charge in [0, 0.05) is 6.42 Å². The normalized spacial score (nSPS) is 17.5. The molecule has 0 amide bonds. The lowest BCUT2D eigenvalue weighted by Gasteiger charge is -2.25. The molecule has 0 fully saturated rings. The summed E-state index contributed by atoms with van der Waals surface area (Å²) in [6, 6.07) is 15.2. The van der Waals surface area contributed by atoms with Gasteiger partial charge in [0.1, 0.15) is 11.9 Å². The van der Waals surface area contributed by atoms with Gasteiger partial charge in [0.15, 0.2) is 0 Å². The van der Waals surface area contributed by atoms with Gasteiger partial charge < -0.3 is 9.47 Å². The lowest BCUT2D eigenvalue weighted by atomic mass is 9.94. The van der Waals surface area contributed by atoms with E-state index in [4.69, 9.17) is 9.47 Å². The SMILES string of the molecule is COc1ccc2c(c1)CC(c1ccccc1)OC2=O. The first-order valence-corrected chi connectivity index (χ1v) is 6.21. The van der Waals surface area contributed by atoms with Crippen molar-refractivity contribution in [2.45, 2.75) is 12.5 Å². The second-order valence-electron chi connectivity index (χ2n) is 4.53. The molecule has 1 unspecified atom stereocenters. The topological polar surface area (TPSA) is 35.5 Å². The zero-order chi connectivity index (χ0) is 13.2. The van der Waals surface area contributed by atoms with Crippen LogP contribution in [0.5, 0.6) is 5.75 Å². The van der Waals surface area contributed by atoms with Gasteiger partial charge in [0.25, 0.3) is 0 Å². The Hall–Kier alpha value is -2.29. The Kier molecular flexibility index (Phi) is 2.95. The number of fused-ring (bicyclic) bond motifs is 1. The predicted molar refractivity (Wildman–Crippen MR) is 71.3 cm³/mol. The molecule has 0 N–H and O–H groups in total. The average molecular weight is 254 g/mol. The number of cyclic esters (lactones) is 1. The van der Waals surface area contributed by atoms with Crippen LogP contribution in [0.15, 0.2) is 48.5 Å². The van der Waals surface area contributed by atoms with Crippen molar-refractivity contribution in [3.05, 3.63) is 65.2 Å². The summed E-state index contributed by atoms with van der Waals surface area (Å²) in [5.41, 5.74) is 2.63. The number of hydrogen-bond acceptors (Lipinski definition) is 3. The number of esters is 1. The fourth-order valence-corrected chi connectivity index (χ4v) is 2.35. The molecule has 3 rings (SSSR count). The number of carbonyl (C=O) groups excluding carboxylic acids is 1. The highest BCUT2D eigenvalue weighted by Crippen LogP contribution is 2.32. The summed E-state index contributed by atoms with van der Waals surface area (Å²) in [5.74, 6) is 0.498. The van der Waals surface area contributed by atoms with E-state index in [2.05, 4.69) is 0 Å². The molecule has 1 atom stereocenters. The number of rotatable bonds is 2.